The van der Waals surface area contributed by atoms with Crippen molar-refractivity contribution in [3.63, 3.8) is 0 Å². The minimum absolute atomic E-state index is 0.205. The first-order valence-electron chi connectivity index (χ1n) is 6.06. The third-order valence-electron chi connectivity index (χ3n) is 2.93. The van der Waals surface area contributed by atoms with Gasteiger partial charge in [-0.15, -0.1) is 0 Å². The third kappa shape index (κ3) is 3.23. The van der Waals surface area contributed by atoms with E-state index in [0.717, 1.165) is 11.1 Å². The van der Waals surface area contributed by atoms with Gasteiger partial charge in [0.1, 0.15) is 0 Å². The number of benzene rings is 1. The van der Waals surface area contributed by atoms with Gasteiger partial charge in [0.2, 0.25) is 0 Å². The van der Waals surface area contributed by atoms with E-state index in [1.807, 2.05) is 24.3 Å². The highest BCUT2D eigenvalue weighted by Gasteiger charge is 2.09. The Labute approximate surface area is 116 Å². The van der Waals surface area contributed by atoms with Gasteiger partial charge >= 0.3 is 5.97 Å². The highest BCUT2D eigenvalue weighted by Crippen LogP contribution is 2.12. The summed E-state index contributed by atoms with van der Waals surface area (Å²) in [5, 5.41) is 4.07. The maximum atomic E-state index is 11.4. The number of rotatable bonds is 5. The van der Waals surface area contributed by atoms with Gasteiger partial charge in [0, 0.05) is 6.20 Å². The summed E-state index contributed by atoms with van der Waals surface area (Å²) < 4.78 is 6.28. The molecular formula is C14H15N3O3. The fourth-order valence-corrected chi connectivity index (χ4v) is 1.86. The van der Waals surface area contributed by atoms with Crippen molar-refractivity contribution in [2.24, 2.45) is 5.73 Å². The van der Waals surface area contributed by atoms with Gasteiger partial charge in [-0.3, -0.25) is 14.3 Å². The molecule has 1 aromatic carbocycles. The van der Waals surface area contributed by atoms with Crippen LogP contribution < -0.4 is 5.73 Å². The van der Waals surface area contributed by atoms with E-state index >= 15 is 0 Å². The largest absolute Gasteiger partial charge is 0.469 e. The van der Waals surface area contributed by atoms with Gasteiger partial charge in [-0.25, -0.2) is 0 Å². The van der Waals surface area contributed by atoms with Crippen LogP contribution in [0.5, 0.6) is 0 Å². The number of hydrogen-bond acceptors (Lipinski definition) is 4. The molecule has 2 aromatic rings. The zero-order valence-electron chi connectivity index (χ0n) is 11.1. The molecule has 0 aliphatic heterocycles. The minimum Gasteiger partial charge on any atom is -0.469 e. The molecular weight excluding hydrogens is 258 g/mol. The number of carbonyl (C=O) groups is 2. The van der Waals surface area contributed by atoms with E-state index in [2.05, 4.69) is 9.84 Å². The monoisotopic (exact) mass is 273 g/mol. The van der Waals surface area contributed by atoms with Gasteiger partial charge in [-0.05, 0) is 11.1 Å². The lowest BCUT2D eigenvalue weighted by atomic mass is 10.0. The normalized spacial score (nSPS) is 10.2. The number of nitrogens with zero attached hydrogens (tertiary/aromatic N) is 2. The Morgan fingerprint density at radius 1 is 1.30 bits per heavy atom. The first-order valence-corrected chi connectivity index (χ1v) is 6.06. The summed E-state index contributed by atoms with van der Waals surface area (Å²) in [7, 11) is 1.36. The molecule has 104 valence electrons. The summed E-state index contributed by atoms with van der Waals surface area (Å²) in [4.78, 5) is 22.4. The summed E-state index contributed by atoms with van der Waals surface area (Å²) in [5.41, 5.74) is 7.35. The number of amides is 1. The summed E-state index contributed by atoms with van der Waals surface area (Å²) in [5.74, 6) is -0.810. The Bertz CT molecular complexity index is 634. The molecule has 20 heavy (non-hydrogen) atoms. The van der Waals surface area contributed by atoms with Crippen molar-refractivity contribution in [2.75, 3.05) is 7.11 Å². The molecule has 0 fully saturated rings. The topological polar surface area (TPSA) is 87.2 Å². The van der Waals surface area contributed by atoms with Crippen molar-refractivity contribution in [1.82, 2.24) is 9.78 Å². The summed E-state index contributed by atoms with van der Waals surface area (Å²) >= 11 is 0. The molecule has 2 rings (SSSR count). The van der Waals surface area contributed by atoms with Gasteiger partial charge < -0.3 is 10.5 Å². The van der Waals surface area contributed by atoms with E-state index in [1.165, 1.54) is 13.3 Å². The maximum Gasteiger partial charge on any atom is 0.309 e. The maximum absolute atomic E-state index is 11.4. The van der Waals surface area contributed by atoms with Crippen LogP contribution in [0.2, 0.25) is 0 Å². The Kier molecular flexibility index (Phi) is 4.14. The average Bonchev–Trinajstić information content (AvgIpc) is 2.89. The van der Waals surface area contributed by atoms with Gasteiger partial charge in [0.15, 0.2) is 0 Å². The summed E-state index contributed by atoms with van der Waals surface area (Å²) in [6, 6.07) is 7.52. The first-order chi connectivity index (χ1) is 9.60. The molecule has 0 saturated carbocycles. The van der Waals surface area contributed by atoms with E-state index in [9.17, 15) is 9.59 Å². The predicted octanol–water partition coefficient (Wildman–Crippen LogP) is 0.746. The van der Waals surface area contributed by atoms with E-state index in [1.54, 1.807) is 10.9 Å². The highest BCUT2D eigenvalue weighted by atomic mass is 16.5. The zero-order valence-corrected chi connectivity index (χ0v) is 11.1. The average molecular weight is 273 g/mol. The molecule has 0 bridgehead atoms. The molecule has 0 spiro atoms. The molecule has 1 heterocycles. The van der Waals surface area contributed by atoms with Crippen molar-refractivity contribution in [1.29, 1.82) is 0 Å². The van der Waals surface area contributed by atoms with Gasteiger partial charge in [0.05, 0.1) is 31.8 Å². The van der Waals surface area contributed by atoms with Crippen LogP contribution in [0.1, 0.15) is 21.5 Å². The molecule has 0 saturated heterocycles. The second-order valence-electron chi connectivity index (χ2n) is 4.31. The molecule has 1 amide bonds. The van der Waals surface area contributed by atoms with E-state index in [-0.39, 0.29) is 12.4 Å². The van der Waals surface area contributed by atoms with Crippen LogP contribution in [-0.4, -0.2) is 28.8 Å². The number of primary amides is 1. The smallest absolute Gasteiger partial charge is 0.309 e. The number of aromatic nitrogens is 2. The minimum atomic E-state index is -0.515. The number of methoxy groups -OCH3 is 1. The number of hydrogen-bond donors (Lipinski definition) is 1. The van der Waals surface area contributed by atoms with Crippen LogP contribution in [0, 0.1) is 0 Å². The number of nitrogens with two attached hydrogens (primary N) is 1. The Hall–Kier alpha value is -2.63. The standard InChI is InChI=1S/C14H15N3O3/c1-20-13(18)6-10-4-2-3-5-11(10)8-17-9-12(7-16-17)14(15)19/h2-5,7,9H,6,8H2,1H3,(H2,15,19). The third-order valence-corrected chi connectivity index (χ3v) is 2.93. The van der Waals surface area contributed by atoms with Crippen molar-refractivity contribution >= 4 is 11.9 Å². The fourth-order valence-electron chi connectivity index (χ4n) is 1.86. The number of carbonyl (C=O) groups excluding carboxylic acids is 2. The SMILES string of the molecule is COC(=O)Cc1ccccc1Cn1cc(C(N)=O)cn1. The number of esters is 1. The lowest BCUT2D eigenvalue weighted by molar-refractivity contribution is -0.139. The Morgan fingerprint density at radius 2 is 2.00 bits per heavy atom. The second-order valence-corrected chi connectivity index (χ2v) is 4.31. The van der Waals surface area contributed by atoms with Gasteiger partial charge in [-0.1, -0.05) is 24.3 Å². The fraction of sp³-hybridized carbons (Fsp3) is 0.214. The van der Waals surface area contributed by atoms with E-state index in [4.69, 9.17) is 5.73 Å². The van der Waals surface area contributed by atoms with E-state index in [0.29, 0.717) is 12.1 Å². The lowest BCUT2D eigenvalue weighted by Crippen LogP contribution is -2.10. The first kappa shape index (κ1) is 13.8. The van der Waals surface area contributed by atoms with Crippen molar-refractivity contribution in [2.45, 2.75) is 13.0 Å². The molecule has 0 atom stereocenters. The van der Waals surface area contributed by atoms with Crippen LogP contribution >= 0.6 is 0 Å². The van der Waals surface area contributed by atoms with Crippen LogP contribution in [0.3, 0.4) is 0 Å². The molecule has 6 heteroatoms. The van der Waals surface area contributed by atoms with Crippen molar-refractivity contribution < 1.29 is 14.3 Å². The molecule has 6 nitrogen and oxygen atoms in total. The Balaban J connectivity index is 2.19. The second kappa shape index (κ2) is 6.01. The zero-order chi connectivity index (χ0) is 14.5. The Morgan fingerprint density at radius 3 is 2.60 bits per heavy atom. The van der Waals surface area contributed by atoms with Crippen LogP contribution in [0.4, 0.5) is 0 Å². The van der Waals surface area contributed by atoms with E-state index < -0.39 is 5.91 Å². The lowest BCUT2D eigenvalue weighted by Gasteiger charge is -2.08. The number of ether oxygens (including phenoxy) is 1. The summed E-state index contributed by atoms with van der Waals surface area (Å²) in [6.45, 7) is 0.459. The van der Waals surface area contributed by atoms with Crippen LogP contribution in [-0.2, 0) is 22.5 Å². The highest BCUT2D eigenvalue weighted by molar-refractivity contribution is 5.92. The quantitative estimate of drug-likeness (QED) is 0.814. The van der Waals surface area contributed by atoms with Crippen molar-refractivity contribution in [3.05, 3.63) is 53.3 Å². The molecule has 0 aliphatic carbocycles. The van der Waals surface area contributed by atoms with Gasteiger partial charge in [0.25, 0.3) is 5.91 Å². The molecule has 1 aromatic heterocycles. The van der Waals surface area contributed by atoms with Crippen molar-refractivity contribution in [3.8, 4) is 0 Å². The van der Waals surface area contributed by atoms with Crippen LogP contribution in [0.25, 0.3) is 0 Å². The molecule has 0 unspecified atom stereocenters. The molecule has 0 radical (unpaired) electrons. The predicted molar refractivity (Wildman–Crippen MR) is 72.0 cm³/mol. The van der Waals surface area contributed by atoms with Gasteiger partial charge in [-0.2, -0.15) is 5.10 Å². The molecule has 2 N–H and O–H groups in total. The van der Waals surface area contributed by atoms with Crippen LogP contribution in [0.15, 0.2) is 36.7 Å². The summed E-state index contributed by atoms with van der Waals surface area (Å²) in [6.07, 6.45) is 3.21. The molecule has 0 aliphatic rings.